The Hall–Kier alpha value is -3.43. The molecule has 0 spiro atoms. The van der Waals surface area contributed by atoms with Crippen LogP contribution in [0.2, 0.25) is 0 Å². The second-order valence-electron chi connectivity index (χ2n) is 5.04. The molecule has 0 saturated carbocycles. The molecule has 2 aromatic carbocycles. The molecule has 2 aromatic rings. The Bertz CT molecular complexity index is 844. The van der Waals surface area contributed by atoms with E-state index in [2.05, 4.69) is 10.1 Å². The number of hydrogen-bond donors (Lipinski definition) is 1. The number of hydrogen-bond acceptors (Lipinski definition) is 6. The molecule has 144 valence electrons. The zero-order valence-electron chi connectivity index (χ0n) is 14.4. The number of nitro groups is 1. The Balaban J connectivity index is 2.43. The van der Waals surface area contributed by atoms with Crippen molar-refractivity contribution < 1.29 is 32.7 Å². The maximum absolute atomic E-state index is 12.6. The summed E-state index contributed by atoms with van der Waals surface area (Å²) in [6.45, 7) is -1.17. The molecule has 1 N–H and O–H groups in total. The average molecular weight is 382 g/mol. The number of anilines is 1. The number of amides is 1. The van der Waals surface area contributed by atoms with Gasteiger partial charge in [0.15, 0.2) is 11.5 Å². The molecule has 1 amide bonds. The van der Waals surface area contributed by atoms with Gasteiger partial charge in [-0.3, -0.25) is 14.9 Å². The van der Waals surface area contributed by atoms with E-state index in [1.807, 2.05) is 0 Å². The topological polar surface area (TPSA) is 99.9 Å². The van der Waals surface area contributed by atoms with Gasteiger partial charge in [-0.1, -0.05) is 12.1 Å². The molecule has 0 aromatic heterocycles. The van der Waals surface area contributed by atoms with Crippen molar-refractivity contribution in [2.45, 2.75) is 13.5 Å². The van der Waals surface area contributed by atoms with Gasteiger partial charge in [0.25, 0.3) is 11.6 Å². The zero-order chi connectivity index (χ0) is 20.0. The van der Waals surface area contributed by atoms with Gasteiger partial charge < -0.3 is 19.5 Å². The Labute approximate surface area is 152 Å². The fourth-order valence-corrected chi connectivity index (χ4v) is 2.27. The lowest BCUT2D eigenvalue weighted by molar-refractivity contribution is -0.385. The Kier molecular flexibility index (Phi) is 6.47. The Morgan fingerprint density at radius 1 is 1.22 bits per heavy atom. The number of nitro benzene ring substituents is 1. The quantitative estimate of drug-likeness (QED) is 0.550. The molecule has 0 heterocycles. The molecule has 0 bridgehead atoms. The van der Waals surface area contributed by atoms with Gasteiger partial charge in [-0.05, 0) is 19.1 Å². The lowest BCUT2D eigenvalue weighted by Gasteiger charge is -2.13. The first-order valence-corrected chi connectivity index (χ1v) is 7.71. The van der Waals surface area contributed by atoms with Crippen LogP contribution in [0.5, 0.6) is 17.2 Å². The molecule has 0 fully saturated rings. The summed E-state index contributed by atoms with van der Waals surface area (Å²) in [5.41, 5.74) is -0.916. The number of rotatable bonds is 8. The molecule has 0 aliphatic heterocycles. The van der Waals surface area contributed by atoms with E-state index in [-0.39, 0.29) is 35.1 Å². The van der Waals surface area contributed by atoms with Gasteiger partial charge in [0, 0.05) is 6.07 Å². The summed E-state index contributed by atoms with van der Waals surface area (Å²) in [6.07, 6.45) is 0. The van der Waals surface area contributed by atoms with Crippen molar-refractivity contribution in [1.82, 2.24) is 0 Å². The van der Waals surface area contributed by atoms with Crippen molar-refractivity contribution in [3.63, 3.8) is 0 Å². The predicted molar refractivity (Wildman–Crippen MR) is 91.8 cm³/mol. The van der Waals surface area contributed by atoms with Crippen LogP contribution in [-0.2, 0) is 0 Å². The Morgan fingerprint density at radius 2 is 1.93 bits per heavy atom. The number of nitrogens with one attached hydrogen (secondary N) is 1. The molecule has 0 unspecified atom stereocenters. The SMILES string of the molecule is CCOc1cc([N+](=O)[O-])c(C(=O)Nc2ccccc2OC(F)F)cc1OC. The summed E-state index contributed by atoms with van der Waals surface area (Å²) in [5.74, 6) is -0.954. The molecular weight excluding hydrogens is 366 g/mol. The highest BCUT2D eigenvalue weighted by Crippen LogP contribution is 2.35. The van der Waals surface area contributed by atoms with E-state index in [9.17, 15) is 23.7 Å². The van der Waals surface area contributed by atoms with Gasteiger partial charge in [-0.2, -0.15) is 8.78 Å². The minimum atomic E-state index is -3.09. The van der Waals surface area contributed by atoms with Gasteiger partial charge in [0.1, 0.15) is 11.3 Å². The van der Waals surface area contributed by atoms with Crippen LogP contribution in [0.3, 0.4) is 0 Å². The minimum Gasteiger partial charge on any atom is -0.493 e. The third-order valence-corrected chi connectivity index (χ3v) is 3.37. The van der Waals surface area contributed by atoms with Crippen molar-refractivity contribution in [2.24, 2.45) is 0 Å². The van der Waals surface area contributed by atoms with E-state index in [0.717, 1.165) is 12.1 Å². The van der Waals surface area contributed by atoms with E-state index >= 15 is 0 Å². The van der Waals surface area contributed by atoms with Crippen molar-refractivity contribution in [1.29, 1.82) is 0 Å². The fourth-order valence-electron chi connectivity index (χ4n) is 2.27. The summed E-state index contributed by atoms with van der Waals surface area (Å²) in [5, 5.41) is 13.7. The molecule has 27 heavy (non-hydrogen) atoms. The zero-order valence-corrected chi connectivity index (χ0v) is 14.4. The number of alkyl halides is 2. The van der Waals surface area contributed by atoms with E-state index in [0.29, 0.717) is 0 Å². The molecule has 10 heteroatoms. The van der Waals surface area contributed by atoms with E-state index < -0.39 is 23.1 Å². The second-order valence-corrected chi connectivity index (χ2v) is 5.04. The largest absolute Gasteiger partial charge is 0.493 e. The number of carbonyl (C=O) groups is 1. The van der Waals surface area contributed by atoms with Crippen LogP contribution in [0.4, 0.5) is 20.2 Å². The van der Waals surface area contributed by atoms with Crippen molar-refractivity contribution in [2.75, 3.05) is 19.0 Å². The van der Waals surface area contributed by atoms with Crippen LogP contribution < -0.4 is 19.5 Å². The van der Waals surface area contributed by atoms with E-state index in [1.165, 1.54) is 31.4 Å². The highest BCUT2D eigenvalue weighted by Gasteiger charge is 2.25. The smallest absolute Gasteiger partial charge is 0.387 e. The monoisotopic (exact) mass is 382 g/mol. The van der Waals surface area contributed by atoms with Crippen molar-refractivity contribution in [3.8, 4) is 17.2 Å². The molecule has 0 atom stereocenters. The first-order valence-electron chi connectivity index (χ1n) is 7.71. The van der Waals surface area contributed by atoms with Crippen LogP contribution in [0.1, 0.15) is 17.3 Å². The molecule has 2 rings (SSSR count). The summed E-state index contributed by atoms with van der Waals surface area (Å²) in [6, 6.07) is 7.70. The van der Waals surface area contributed by atoms with Crippen LogP contribution >= 0.6 is 0 Å². The first-order chi connectivity index (χ1) is 12.9. The highest BCUT2D eigenvalue weighted by molar-refractivity contribution is 6.08. The number of methoxy groups -OCH3 is 1. The van der Waals surface area contributed by atoms with Crippen LogP contribution in [0.15, 0.2) is 36.4 Å². The molecule has 0 saturated heterocycles. The van der Waals surface area contributed by atoms with Crippen LogP contribution in [0.25, 0.3) is 0 Å². The highest BCUT2D eigenvalue weighted by atomic mass is 19.3. The number of para-hydroxylation sites is 2. The second kappa shape index (κ2) is 8.79. The molecule has 8 nitrogen and oxygen atoms in total. The van der Waals surface area contributed by atoms with Crippen molar-refractivity contribution >= 4 is 17.3 Å². The normalized spacial score (nSPS) is 10.4. The Morgan fingerprint density at radius 3 is 2.52 bits per heavy atom. The molecule has 0 radical (unpaired) electrons. The predicted octanol–water partition coefficient (Wildman–Crippen LogP) is 3.86. The number of carbonyl (C=O) groups excluding carboxylic acids is 1. The third-order valence-electron chi connectivity index (χ3n) is 3.37. The lowest BCUT2D eigenvalue weighted by Crippen LogP contribution is -2.16. The lowest BCUT2D eigenvalue weighted by atomic mass is 10.1. The maximum atomic E-state index is 12.6. The number of ether oxygens (including phenoxy) is 3. The summed E-state index contributed by atoms with van der Waals surface area (Å²) < 4.78 is 39.7. The van der Waals surface area contributed by atoms with Gasteiger partial charge in [-0.25, -0.2) is 0 Å². The number of nitrogens with zero attached hydrogens (tertiary/aromatic N) is 1. The van der Waals surface area contributed by atoms with Crippen LogP contribution in [-0.4, -0.2) is 31.2 Å². The van der Waals surface area contributed by atoms with E-state index in [4.69, 9.17) is 9.47 Å². The fraction of sp³-hybridized carbons (Fsp3) is 0.235. The standard InChI is InChI=1S/C17H16F2N2O6/c1-3-26-15-9-12(21(23)24)10(8-14(15)25-2)16(22)20-11-6-4-5-7-13(11)27-17(18)19/h4-9,17H,3H2,1-2H3,(H,20,22). The average Bonchev–Trinajstić information content (AvgIpc) is 2.62. The van der Waals surface area contributed by atoms with Crippen LogP contribution in [0, 0.1) is 10.1 Å². The van der Waals surface area contributed by atoms with Gasteiger partial charge in [0.2, 0.25) is 0 Å². The molecular formula is C17H16F2N2O6. The number of benzene rings is 2. The van der Waals surface area contributed by atoms with E-state index in [1.54, 1.807) is 6.92 Å². The first kappa shape index (κ1) is 19.9. The van der Waals surface area contributed by atoms with Gasteiger partial charge in [-0.15, -0.1) is 0 Å². The summed E-state index contributed by atoms with van der Waals surface area (Å²) in [7, 11) is 1.32. The van der Waals surface area contributed by atoms with Crippen molar-refractivity contribution in [3.05, 3.63) is 52.1 Å². The van der Waals surface area contributed by atoms with Gasteiger partial charge >= 0.3 is 6.61 Å². The molecule has 0 aliphatic carbocycles. The summed E-state index contributed by atoms with van der Waals surface area (Å²) >= 11 is 0. The minimum absolute atomic E-state index is 0.0649. The number of halogens is 2. The maximum Gasteiger partial charge on any atom is 0.387 e. The third kappa shape index (κ3) is 4.81. The van der Waals surface area contributed by atoms with Gasteiger partial charge in [0.05, 0.1) is 30.4 Å². The summed E-state index contributed by atoms with van der Waals surface area (Å²) in [4.78, 5) is 23.2. The molecule has 0 aliphatic rings.